The molecule has 1 aliphatic rings. The van der Waals surface area contributed by atoms with Crippen molar-refractivity contribution in [2.24, 2.45) is 4.99 Å². The Morgan fingerprint density at radius 1 is 1.03 bits per heavy atom. The minimum absolute atomic E-state index is 0.147. The van der Waals surface area contributed by atoms with Gasteiger partial charge in [0.15, 0.2) is 4.80 Å². The summed E-state index contributed by atoms with van der Waals surface area (Å²) in [5.41, 5.74) is 3.45. The first-order valence-corrected chi connectivity index (χ1v) is 10.9. The van der Waals surface area contributed by atoms with Crippen molar-refractivity contribution in [1.29, 1.82) is 0 Å². The van der Waals surface area contributed by atoms with E-state index in [2.05, 4.69) is 39.1 Å². The second-order valence-corrected chi connectivity index (χ2v) is 8.24. The van der Waals surface area contributed by atoms with Gasteiger partial charge >= 0.3 is 0 Å². The monoisotopic (exact) mass is 409 g/mol. The lowest BCUT2D eigenvalue weighted by atomic mass is 10.1. The fraction of sp³-hybridized carbons (Fsp3) is 0.348. The maximum Gasteiger partial charge on any atom is 0.190 e. The molecular formula is C23H27N3O2S. The molecule has 0 atom stereocenters. The maximum absolute atomic E-state index is 9.79. The number of likely N-dealkylation sites (tertiary alicyclic amines) is 1. The van der Waals surface area contributed by atoms with Crippen LogP contribution in [0.1, 0.15) is 24.1 Å². The highest BCUT2D eigenvalue weighted by atomic mass is 32.1. The number of nitrogens with zero attached hydrogens (tertiary/aromatic N) is 3. The summed E-state index contributed by atoms with van der Waals surface area (Å²) in [6.45, 7) is 3.56. The molecule has 6 heteroatoms. The molecule has 1 N–H and O–H groups in total. The van der Waals surface area contributed by atoms with Gasteiger partial charge in [0.2, 0.25) is 0 Å². The first-order chi connectivity index (χ1) is 14.2. The number of hydrogen-bond acceptors (Lipinski definition) is 5. The highest BCUT2D eigenvalue weighted by Gasteiger charge is 2.18. The third-order valence-corrected chi connectivity index (χ3v) is 6.21. The number of benzene rings is 2. The van der Waals surface area contributed by atoms with Crippen molar-refractivity contribution in [2.45, 2.75) is 32.0 Å². The molecule has 1 fully saturated rings. The van der Waals surface area contributed by atoms with E-state index in [0.29, 0.717) is 0 Å². The van der Waals surface area contributed by atoms with Gasteiger partial charge in [0, 0.05) is 30.7 Å². The predicted octanol–water partition coefficient (Wildman–Crippen LogP) is 3.80. The topological polar surface area (TPSA) is 50.0 Å². The van der Waals surface area contributed by atoms with E-state index in [1.54, 1.807) is 18.4 Å². The van der Waals surface area contributed by atoms with Gasteiger partial charge in [-0.1, -0.05) is 30.3 Å². The summed E-state index contributed by atoms with van der Waals surface area (Å²) in [5, 5.41) is 12.0. The van der Waals surface area contributed by atoms with Gasteiger partial charge in [-0.15, -0.1) is 11.3 Å². The SMILES string of the molecule is COc1ccc(N=c2scc(CN3CCC(O)CC3)n2Cc2ccccc2)cc1. The summed E-state index contributed by atoms with van der Waals surface area (Å²) in [6.07, 6.45) is 1.56. The van der Waals surface area contributed by atoms with Crippen LogP contribution in [-0.2, 0) is 13.1 Å². The average Bonchev–Trinajstić information content (AvgIpc) is 3.12. The number of rotatable bonds is 6. The number of methoxy groups -OCH3 is 1. The van der Waals surface area contributed by atoms with Crippen LogP contribution in [0.25, 0.3) is 0 Å². The summed E-state index contributed by atoms with van der Waals surface area (Å²) in [4.78, 5) is 8.32. The van der Waals surface area contributed by atoms with E-state index in [9.17, 15) is 5.11 Å². The van der Waals surface area contributed by atoms with Gasteiger partial charge in [-0.3, -0.25) is 4.90 Å². The molecule has 0 aliphatic carbocycles. The van der Waals surface area contributed by atoms with Crippen LogP contribution in [0.15, 0.2) is 65.0 Å². The van der Waals surface area contributed by atoms with Crippen molar-refractivity contribution in [1.82, 2.24) is 9.47 Å². The lowest BCUT2D eigenvalue weighted by Crippen LogP contribution is -2.36. The quantitative estimate of drug-likeness (QED) is 0.674. The second-order valence-electron chi connectivity index (χ2n) is 7.40. The van der Waals surface area contributed by atoms with Gasteiger partial charge in [0.05, 0.1) is 25.4 Å². The molecule has 2 heterocycles. The molecular weight excluding hydrogens is 382 g/mol. The number of piperidine rings is 1. The smallest absolute Gasteiger partial charge is 0.190 e. The Labute approximate surface area is 175 Å². The highest BCUT2D eigenvalue weighted by molar-refractivity contribution is 7.07. The zero-order valence-corrected chi connectivity index (χ0v) is 17.5. The summed E-state index contributed by atoms with van der Waals surface area (Å²) in [5.74, 6) is 0.834. The second kappa shape index (κ2) is 9.39. The van der Waals surface area contributed by atoms with Gasteiger partial charge in [-0.05, 0) is 42.7 Å². The first-order valence-electron chi connectivity index (χ1n) is 10.0. The van der Waals surface area contributed by atoms with Gasteiger partial charge in [-0.25, -0.2) is 4.99 Å². The average molecular weight is 410 g/mol. The molecule has 0 radical (unpaired) electrons. The fourth-order valence-corrected chi connectivity index (χ4v) is 4.50. The van der Waals surface area contributed by atoms with Crippen molar-refractivity contribution in [3.63, 3.8) is 0 Å². The number of aromatic nitrogens is 1. The van der Waals surface area contributed by atoms with Crippen LogP contribution < -0.4 is 9.54 Å². The van der Waals surface area contributed by atoms with Crippen molar-refractivity contribution < 1.29 is 9.84 Å². The predicted molar refractivity (Wildman–Crippen MR) is 117 cm³/mol. The highest BCUT2D eigenvalue weighted by Crippen LogP contribution is 2.19. The summed E-state index contributed by atoms with van der Waals surface area (Å²) >= 11 is 1.68. The third-order valence-electron chi connectivity index (χ3n) is 5.30. The standard InChI is InChI=1S/C23H27N3O2S/c1-28-22-9-7-19(8-10-22)24-23-26(15-18-5-3-2-4-6-18)20(17-29-23)16-25-13-11-21(27)12-14-25/h2-10,17,21,27H,11-16H2,1H3. The fourth-order valence-electron chi connectivity index (χ4n) is 3.59. The normalized spacial score (nSPS) is 16.3. The lowest BCUT2D eigenvalue weighted by Gasteiger charge is -2.29. The van der Waals surface area contributed by atoms with Gasteiger partial charge in [0.1, 0.15) is 5.75 Å². The van der Waals surface area contributed by atoms with Gasteiger partial charge < -0.3 is 14.4 Å². The molecule has 4 rings (SSSR count). The molecule has 1 aromatic heterocycles. The Balaban J connectivity index is 1.64. The summed E-state index contributed by atoms with van der Waals surface area (Å²) < 4.78 is 7.57. The Hall–Kier alpha value is -2.41. The number of aliphatic hydroxyl groups is 1. The molecule has 1 aliphatic heterocycles. The molecule has 152 valence electrons. The lowest BCUT2D eigenvalue weighted by molar-refractivity contribution is 0.0781. The molecule has 29 heavy (non-hydrogen) atoms. The number of hydrogen-bond donors (Lipinski definition) is 1. The van der Waals surface area contributed by atoms with Crippen LogP contribution in [0, 0.1) is 0 Å². The van der Waals surface area contributed by atoms with Crippen LogP contribution in [0.4, 0.5) is 5.69 Å². The zero-order valence-electron chi connectivity index (χ0n) is 16.7. The maximum atomic E-state index is 9.79. The molecule has 1 saturated heterocycles. The van der Waals surface area contributed by atoms with Crippen molar-refractivity contribution >= 4 is 17.0 Å². The molecule has 0 spiro atoms. The van der Waals surface area contributed by atoms with Crippen LogP contribution >= 0.6 is 11.3 Å². The van der Waals surface area contributed by atoms with E-state index in [1.807, 2.05) is 30.3 Å². The van der Waals surface area contributed by atoms with E-state index in [0.717, 1.165) is 55.3 Å². The minimum atomic E-state index is -0.147. The van der Waals surface area contributed by atoms with E-state index in [-0.39, 0.29) is 6.10 Å². The van der Waals surface area contributed by atoms with E-state index >= 15 is 0 Å². The number of thiazole rings is 1. The number of ether oxygens (including phenoxy) is 1. The minimum Gasteiger partial charge on any atom is -0.497 e. The zero-order chi connectivity index (χ0) is 20.1. The van der Waals surface area contributed by atoms with E-state index < -0.39 is 0 Å². The first kappa shape index (κ1) is 19.9. The molecule has 0 saturated carbocycles. The summed E-state index contributed by atoms with van der Waals surface area (Å²) in [6, 6.07) is 18.4. The van der Waals surface area contributed by atoms with Crippen LogP contribution in [0.2, 0.25) is 0 Å². The largest absolute Gasteiger partial charge is 0.497 e. The number of aliphatic hydroxyl groups excluding tert-OH is 1. The van der Waals surface area contributed by atoms with Crippen LogP contribution in [0.3, 0.4) is 0 Å². The summed E-state index contributed by atoms with van der Waals surface area (Å²) in [7, 11) is 1.67. The Morgan fingerprint density at radius 2 is 1.76 bits per heavy atom. The van der Waals surface area contributed by atoms with Crippen molar-refractivity contribution in [2.75, 3.05) is 20.2 Å². The Morgan fingerprint density at radius 3 is 2.45 bits per heavy atom. The molecule has 0 amide bonds. The van der Waals surface area contributed by atoms with E-state index in [1.165, 1.54) is 11.3 Å². The van der Waals surface area contributed by atoms with E-state index in [4.69, 9.17) is 9.73 Å². The van der Waals surface area contributed by atoms with Crippen LogP contribution in [0.5, 0.6) is 5.75 Å². The van der Waals surface area contributed by atoms with Crippen molar-refractivity contribution in [3.8, 4) is 5.75 Å². The molecule has 5 nitrogen and oxygen atoms in total. The molecule has 0 bridgehead atoms. The molecule has 2 aromatic carbocycles. The Bertz CT molecular complexity index is 971. The third kappa shape index (κ3) is 5.15. The van der Waals surface area contributed by atoms with Crippen molar-refractivity contribution in [3.05, 3.63) is 76.0 Å². The van der Waals surface area contributed by atoms with Gasteiger partial charge in [-0.2, -0.15) is 0 Å². The van der Waals surface area contributed by atoms with Gasteiger partial charge in [0.25, 0.3) is 0 Å². The molecule has 0 unspecified atom stereocenters. The Kier molecular flexibility index (Phi) is 6.44. The molecule has 3 aromatic rings. The van der Waals surface area contributed by atoms with Crippen LogP contribution in [-0.4, -0.2) is 40.9 Å².